The van der Waals surface area contributed by atoms with E-state index >= 15 is 0 Å². The van der Waals surface area contributed by atoms with Crippen molar-refractivity contribution in [1.29, 1.82) is 0 Å². The molecule has 0 aromatic heterocycles. The number of rotatable bonds is 6. The Labute approximate surface area is 172 Å². The van der Waals surface area contributed by atoms with E-state index in [4.69, 9.17) is 4.74 Å². The lowest BCUT2D eigenvalue weighted by atomic mass is 10.1. The van der Waals surface area contributed by atoms with Crippen LogP contribution in [0.25, 0.3) is 0 Å². The molecule has 2 heterocycles. The molecule has 0 radical (unpaired) electrons. The van der Waals surface area contributed by atoms with Gasteiger partial charge in [-0.25, -0.2) is 0 Å². The molecule has 0 atom stereocenters. The first-order valence-electron chi connectivity index (χ1n) is 10.6. The SMILES string of the molecule is O=C(CNc1ccccc1N1CCCCC1)Nc1ccc(N2CCOCC2)cc1. The Hall–Kier alpha value is -2.73. The van der Waals surface area contributed by atoms with Crippen molar-refractivity contribution in [3.8, 4) is 0 Å². The molecule has 2 fully saturated rings. The van der Waals surface area contributed by atoms with Crippen molar-refractivity contribution < 1.29 is 9.53 Å². The molecule has 2 aromatic rings. The second-order valence-electron chi connectivity index (χ2n) is 7.61. The molecule has 4 rings (SSSR count). The van der Waals surface area contributed by atoms with Crippen LogP contribution in [0.1, 0.15) is 19.3 Å². The van der Waals surface area contributed by atoms with Crippen LogP contribution in [0.3, 0.4) is 0 Å². The average Bonchev–Trinajstić information content (AvgIpc) is 2.80. The van der Waals surface area contributed by atoms with E-state index in [0.717, 1.165) is 50.8 Å². The van der Waals surface area contributed by atoms with Gasteiger partial charge in [0, 0.05) is 37.6 Å². The van der Waals surface area contributed by atoms with E-state index in [2.05, 4.69) is 44.7 Å². The molecule has 0 unspecified atom stereocenters. The van der Waals surface area contributed by atoms with Crippen LogP contribution in [0.15, 0.2) is 48.5 Å². The molecule has 154 valence electrons. The van der Waals surface area contributed by atoms with Gasteiger partial charge < -0.3 is 25.2 Å². The molecule has 2 saturated heterocycles. The van der Waals surface area contributed by atoms with Gasteiger partial charge in [-0.2, -0.15) is 0 Å². The van der Waals surface area contributed by atoms with Crippen molar-refractivity contribution in [2.75, 3.05) is 66.4 Å². The maximum atomic E-state index is 12.4. The van der Waals surface area contributed by atoms with Crippen molar-refractivity contribution in [1.82, 2.24) is 0 Å². The third-order valence-corrected chi connectivity index (χ3v) is 5.57. The molecule has 2 aliphatic heterocycles. The maximum Gasteiger partial charge on any atom is 0.243 e. The molecule has 2 aromatic carbocycles. The van der Waals surface area contributed by atoms with Gasteiger partial charge in [0.05, 0.1) is 31.1 Å². The van der Waals surface area contributed by atoms with Gasteiger partial charge in [-0.05, 0) is 55.7 Å². The fourth-order valence-corrected chi connectivity index (χ4v) is 3.99. The summed E-state index contributed by atoms with van der Waals surface area (Å²) < 4.78 is 5.40. The van der Waals surface area contributed by atoms with Crippen molar-refractivity contribution in [3.63, 3.8) is 0 Å². The van der Waals surface area contributed by atoms with Crippen LogP contribution >= 0.6 is 0 Å². The fourth-order valence-electron chi connectivity index (χ4n) is 3.99. The number of nitrogens with zero attached hydrogens (tertiary/aromatic N) is 2. The molecule has 0 spiro atoms. The molecule has 0 aliphatic carbocycles. The molecule has 0 bridgehead atoms. The zero-order chi connectivity index (χ0) is 19.9. The first-order chi connectivity index (χ1) is 14.3. The van der Waals surface area contributed by atoms with E-state index in [9.17, 15) is 4.79 Å². The van der Waals surface area contributed by atoms with Crippen molar-refractivity contribution in [2.45, 2.75) is 19.3 Å². The summed E-state index contributed by atoms with van der Waals surface area (Å²) >= 11 is 0. The van der Waals surface area contributed by atoms with Gasteiger partial charge in [0.25, 0.3) is 0 Å². The molecule has 2 aliphatic rings. The van der Waals surface area contributed by atoms with E-state index < -0.39 is 0 Å². The van der Waals surface area contributed by atoms with E-state index in [0.29, 0.717) is 0 Å². The van der Waals surface area contributed by atoms with Crippen LogP contribution in [-0.2, 0) is 9.53 Å². The van der Waals surface area contributed by atoms with Gasteiger partial charge in [0.15, 0.2) is 0 Å². The second kappa shape index (κ2) is 9.65. The monoisotopic (exact) mass is 394 g/mol. The summed E-state index contributed by atoms with van der Waals surface area (Å²) in [7, 11) is 0. The topological polar surface area (TPSA) is 56.8 Å². The molecule has 1 amide bonds. The second-order valence-corrected chi connectivity index (χ2v) is 7.61. The number of ether oxygens (including phenoxy) is 1. The number of nitrogens with one attached hydrogen (secondary N) is 2. The van der Waals surface area contributed by atoms with Crippen molar-refractivity contribution >= 4 is 28.7 Å². The van der Waals surface area contributed by atoms with E-state index in [1.54, 1.807) is 0 Å². The third-order valence-electron chi connectivity index (χ3n) is 5.57. The molecule has 29 heavy (non-hydrogen) atoms. The van der Waals surface area contributed by atoms with Gasteiger partial charge in [-0.1, -0.05) is 12.1 Å². The minimum atomic E-state index is -0.0439. The number of amides is 1. The summed E-state index contributed by atoms with van der Waals surface area (Å²) in [6.45, 7) is 5.76. The zero-order valence-corrected chi connectivity index (χ0v) is 16.9. The predicted molar refractivity (Wildman–Crippen MR) is 119 cm³/mol. The Balaban J connectivity index is 1.31. The third kappa shape index (κ3) is 5.21. The van der Waals surface area contributed by atoms with Crippen LogP contribution in [0.4, 0.5) is 22.7 Å². The summed E-state index contributed by atoms with van der Waals surface area (Å²) in [5.74, 6) is -0.0439. The highest BCUT2D eigenvalue weighted by Crippen LogP contribution is 2.28. The van der Waals surface area contributed by atoms with Gasteiger partial charge in [0.1, 0.15) is 0 Å². The Kier molecular flexibility index (Phi) is 6.52. The summed E-state index contributed by atoms with van der Waals surface area (Å²) in [4.78, 5) is 17.2. The van der Waals surface area contributed by atoms with Crippen LogP contribution in [-0.4, -0.2) is 51.8 Å². The minimum absolute atomic E-state index is 0.0439. The van der Waals surface area contributed by atoms with Gasteiger partial charge in [-0.15, -0.1) is 0 Å². The molecular formula is C23H30N4O2. The zero-order valence-electron chi connectivity index (χ0n) is 16.9. The van der Waals surface area contributed by atoms with Crippen LogP contribution < -0.4 is 20.4 Å². The Morgan fingerprint density at radius 2 is 1.59 bits per heavy atom. The Morgan fingerprint density at radius 1 is 0.862 bits per heavy atom. The maximum absolute atomic E-state index is 12.4. The normalized spacial score (nSPS) is 17.1. The number of carbonyl (C=O) groups is 1. The van der Waals surface area contributed by atoms with Gasteiger partial charge in [0.2, 0.25) is 5.91 Å². The van der Waals surface area contributed by atoms with Crippen LogP contribution in [0.2, 0.25) is 0 Å². The Morgan fingerprint density at radius 3 is 2.34 bits per heavy atom. The number of hydrogen-bond donors (Lipinski definition) is 2. The Bertz CT molecular complexity index is 797. The highest BCUT2D eigenvalue weighted by Gasteiger charge is 2.15. The van der Waals surface area contributed by atoms with E-state index in [-0.39, 0.29) is 12.5 Å². The van der Waals surface area contributed by atoms with Crippen LogP contribution in [0.5, 0.6) is 0 Å². The molecular weight excluding hydrogens is 364 g/mol. The number of benzene rings is 2. The van der Waals surface area contributed by atoms with Crippen molar-refractivity contribution in [2.24, 2.45) is 0 Å². The molecule has 6 heteroatoms. The lowest BCUT2D eigenvalue weighted by molar-refractivity contribution is -0.114. The average molecular weight is 395 g/mol. The van der Waals surface area contributed by atoms with Crippen LogP contribution in [0, 0.1) is 0 Å². The summed E-state index contributed by atoms with van der Waals surface area (Å²) in [5.41, 5.74) is 4.19. The largest absolute Gasteiger partial charge is 0.378 e. The highest BCUT2D eigenvalue weighted by molar-refractivity contribution is 5.94. The lowest BCUT2D eigenvalue weighted by Crippen LogP contribution is -2.36. The van der Waals surface area contributed by atoms with E-state index in [1.165, 1.54) is 30.6 Å². The molecule has 0 saturated carbocycles. The number of piperidine rings is 1. The lowest BCUT2D eigenvalue weighted by Gasteiger charge is -2.30. The summed E-state index contributed by atoms with van der Waals surface area (Å²) in [5, 5.41) is 6.30. The first kappa shape index (κ1) is 19.6. The number of carbonyl (C=O) groups excluding carboxylic acids is 1. The smallest absolute Gasteiger partial charge is 0.243 e. The fraction of sp³-hybridized carbons (Fsp3) is 0.435. The van der Waals surface area contributed by atoms with Gasteiger partial charge in [-0.3, -0.25) is 4.79 Å². The number of morpholine rings is 1. The number of anilines is 4. The molecule has 6 nitrogen and oxygen atoms in total. The van der Waals surface area contributed by atoms with E-state index in [1.807, 2.05) is 24.3 Å². The molecule has 2 N–H and O–H groups in total. The quantitative estimate of drug-likeness (QED) is 0.785. The standard InChI is InChI=1S/C23H30N4O2/c28-23(25-19-8-10-20(11-9-19)26-14-16-29-17-15-26)18-24-21-6-2-3-7-22(21)27-12-4-1-5-13-27/h2-3,6-11,24H,1,4-5,12-18H2,(H,25,28). The minimum Gasteiger partial charge on any atom is -0.378 e. The van der Waals surface area contributed by atoms with Crippen molar-refractivity contribution in [3.05, 3.63) is 48.5 Å². The first-order valence-corrected chi connectivity index (χ1v) is 10.6. The summed E-state index contributed by atoms with van der Waals surface area (Å²) in [6, 6.07) is 16.3. The van der Waals surface area contributed by atoms with Gasteiger partial charge >= 0.3 is 0 Å². The summed E-state index contributed by atoms with van der Waals surface area (Å²) in [6.07, 6.45) is 3.77. The highest BCUT2D eigenvalue weighted by atomic mass is 16.5. The number of hydrogen-bond acceptors (Lipinski definition) is 5. The number of para-hydroxylation sites is 2. The predicted octanol–water partition coefficient (Wildman–Crippen LogP) is 3.56.